The van der Waals surface area contributed by atoms with Crippen LogP contribution in [0.25, 0.3) is 6.08 Å². The minimum atomic E-state index is -0.508. The first-order valence-corrected chi connectivity index (χ1v) is 12.6. The van der Waals surface area contributed by atoms with E-state index in [9.17, 15) is 19.7 Å². The molecule has 180 valence electrons. The molecule has 3 fully saturated rings. The minimum Gasteiger partial charge on any atom is -0.458 e. The van der Waals surface area contributed by atoms with Crippen molar-refractivity contribution in [1.82, 2.24) is 0 Å². The van der Waals surface area contributed by atoms with Gasteiger partial charge in [-0.3, -0.25) is 14.9 Å². The predicted octanol–water partition coefficient (Wildman–Crippen LogP) is 5.99. The number of nitro groups is 1. The Kier molecular flexibility index (Phi) is 5.73. The van der Waals surface area contributed by atoms with Crippen molar-refractivity contribution in [2.75, 3.05) is 0 Å². The standard InChI is InChI=1S/C28H33NO5/c1-27-14-11-21(30)17-20(27)7-8-22-23-9-10-25(28(23,2)15-12-24(22)27)34-26(31)19-5-3-18(4-6-19)13-16-29(32)33/h3-6,13,16-17,22-25H,7-12,14-15H2,1-2H3/b16-13+/t22-,23-,24-,25-,27-,28-/m0/s1. The lowest BCUT2D eigenvalue weighted by atomic mass is 9.47. The van der Waals surface area contributed by atoms with Gasteiger partial charge in [-0.2, -0.15) is 0 Å². The summed E-state index contributed by atoms with van der Waals surface area (Å²) >= 11 is 0. The van der Waals surface area contributed by atoms with Crippen LogP contribution in [-0.4, -0.2) is 22.8 Å². The highest BCUT2D eigenvalue weighted by Crippen LogP contribution is 2.65. The van der Waals surface area contributed by atoms with E-state index in [1.165, 1.54) is 11.6 Å². The number of ketones is 1. The van der Waals surface area contributed by atoms with E-state index >= 15 is 0 Å². The van der Waals surface area contributed by atoms with Gasteiger partial charge in [-0.25, -0.2) is 4.79 Å². The molecule has 1 aromatic rings. The number of rotatable bonds is 4. The van der Waals surface area contributed by atoms with E-state index in [0.29, 0.717) is 41.1 Å². The number of ether oxygens (including phenoxy) is 1. The van der Waals surface area contributed by atoms with E-state index in [1.54, 1.807) is 24.3 Å². The lowest BCUT2D eigenvalue weighted by Gasteiger charge is -2.57. The van der Waals surface area contributed by atoms with Crippen LogP contribution in [0.15, 0.2) is 42.1 Å². The average molecular weight is 464 g/mol. The molecule has 0 amide bonds. The van der Waals surface area contributed by atoms with Crippen molar-refractivity contribution in [1.29, 1.82) is 0 Å². The molecule has 6 heteroatoms. The van der Waals surface area contributed by atoms with Gasteiger partial charge in [0.2, 0.25) is 6.20 Å². The van der Waals surface area contributed by atoms with Gasteiger partial charge in [-0.1, -0.05) is 31.6 Å². The summed E-state index contributed by atoms with van der Waals surface area (Å²) in [4.78, 5) is 35.0. The normalized spacial score (nSPS) is 36.9. The molecular formula is C28H33NO5. The molecule has 0 unspecified atom stereocenters. The smallest absolute Gasteiger partial charge is 0.338 e. The van der Waals surface area contributed by atoms with E-state index in [4.69, 9.17) is 4.74 Å². The zero-order valence-electron chi connectivity index (χ0n) is 20.0. The SMILES string of the molecule is C[C@]12CC[C@H]3[C@@H](CCC4=CC(=O)CC[C@@]43C)[C@@H]1CC[C@@H]2OC(=O)c1ccc(/C=C/[N+](=O)[O-])cc1. The van der Waals surface area contributed by atoms with Crippen molar-refractivity contribution in [2.45, 2.75) is 71.3 Å². The maximum Gasteiger partial charge on any atom is 0.338 e. The van der Waals surface area contributed by atoms with Crippen LogP contribution in [0.1, 0.15) is 81.1 Å². The second kappa shape index (κ2) is 8.47. The van der Waals surface area contributed by atoms with Crippen molar-refractivity contribution in [3.05, 3.63) is 63.4 Å². The maximum atomic E-state index is 13.0. The molecule has 1 aromatic carbocycles. The molecular weight excluding hydrogens is 430 g/mol. The summed E-state index contributed by atoms with van der Waals surface area (Å²) in [6.45, 7) is 4.71. The number of carbonyl (C=O) groups is 2. The van der Waals surface area contributed by atoms with Gasteiger partial charge in [0, 0.05) is 17.9 Å². The molecule has 4 aliphatic rings. The highest BCUT2D eigenvalue weighted by atomic mass is 16.6. The first kappa shape index (κ1) is 23.0. The monoisotopic (exact) mass is 463 g/mol. The quantitative estimate of drug-likeness (QED) is 0.311. The summed E-state index contributed by atoms with van der Waals surface area (Å²) < 4.78 is 6.11. The van der Waals surface area contributed by atoms with Crippen molar-refractivity contribution in [2.24, 2.45) is 28.6 Å². The first-order valence-electron chi connectivity index (χ1n) is 12.6. The second-order valence-corrected chi connectivity index (χ2v) is 11.2. The van der Waals surface area contributed by atoms with E-state index in [-0.39, 0.29) is 22.9 Å². The first-order chi connectivity index (χ1) is 16.2. The number of benzene rings is 1. The van der Waals surface area contributed by atoms with Crippen LogP contribution in [0, 0.1) is 38.7 Å². The van der Waals surface area contributed by atoms with Crippen LogP contribution < -0.4 is 0 Å². The fourth-order valence-corrected chi connectivity index (χ4v) is 7.78. The Balaban J connectivity index is 1.29. The van der Waals surface area contributed by atoms with Gasteiger partial charge in [0.05, 0.1) is 10.5 Å². The Bertz CT molecular complexity index is 1070. The third kappa shape index (κ3) is 3.81. The molecule has 0 bridgehead atoms. The molecule has 0 saturated heterocycles. The number of carbonyl (C=O) groups excluding carboxylic acids is 2. The topological polar surface area (TPSA) is 86.5 Å². The molecule has 6 atom stereocenters. The molecule has 0 spiro atoms. The molecule has 0 radical (unpaired) electrons. The Morgan fingerprint density at radius 1 is 1.06 bits per heavy atom. The van der Waals surface area contributed by atoms with Crippen LogP contribution in [0.4, 0.5) is 0 Å². The van der Waals surface area contributed by atoms with E-state index < -0.39 is 4.92 Å². The second-order valence-electron chi connectivity index (χ2n) is 11.2. The number of esters is 1. The molecule has 3 saturated carbocycles. The van der Waals surface area contributed by atoms with Crippen LogP contribution in [-0.2, 0) is 9.53 Å². The number of nitrogens with zero attached hydrogens (tertiary/aromatic N) is 1. The summed E-state index contributed by atoms with van der Waals surface area (Å²) in [6.07, 6.45) is 12.2. The summed E-state index contributed by atoms with van der Waals surface area (Å²) in [5.74, 6) is 1.78. The summed E-state index contributed by atoms with van der Waals surface area (Å²) in [5.41, 5.74) is 2.67. The number of hydrogen-bond acceptors (Lipinski definition) is 5. The fourth-order valence-electron chi connectivity index (χ4n) is 7.78. The third-order valence-electron chi connectivity index (χ3n) is 9.66. The Morgan fingerprint density at radius 2 is 1.82 bits per heavy atom. The van der Waals surface area contributed by atoms with Gasteiger partial charge in [0.1, 0.15) is 6.10 Å². The lowest BCUT2D eigenvalue weighted by Crippen LogP contribution is -2.51. The van der Waals surface area contributed by atoms with E-state index in [1.807, 2.05) is 6.08 Å². The van der Waals surface area contributed by atoms with E-state index in [2.05, 4.69) is 13.8 Å². The predicted molar refractivity (Wildman–Crippen MR) is 128 cm³/mol. The minimum absolute atomic E-state index is 0.00667. The largest absolute Gasteiger partial charge is 0.458 e. The highest BCUT2D eigenvalue weighted by molar-refractivity contribution is 5.91. The van der Waals surface area contributed by atoms with Gasteiger partial charge < -0.3 is 4.74 Å². The maximum absolute atomic E-state index is 13.0. The van der Waals surface area contributed by atoms with Crippen LogP contribution in [0.5, 0.6) is 0 Å². The molecule has 0 N–H and O–H groups in total. The van der Waals surface area contributed by atoms with Crippen LogP contribution in [0.2, 0.25) is 0 Å². The fraction of sp³-hybridized carbons (Fsp3) is 0.571. The molecule has 4 aliphatic carbocycles. The molecule has 0 aliphatic heterocycles. The van der Waals surface area contributed by atoms with Gasteiger partial charge in [0.25, 0.3) is 0 Å². The Labute approximate surface area is 200 Å². The number of allylic oxidation sites excluding steroid dienone is 1. The number of hydrogen-bond donors (Lipinski definition) is 0. The molecule has 34 heavy (non-hydrogen) atoms. The highest BCUT2D eigenvalue weighted by Gasteiger charge is 2.60. The third-order valence-corrected chi connectivity index (χ3v) is 9.66. The number of fused-ring (bicyclic) bond motifs is 5. The molecule has 5 rings (SSSR count). The van der Waals surface area contributed by atoms with Crippen LogP contribution in [0.3, 0.4) is 0 Å². The van der Waals surface area contributed by atoms with Crippen molar-refractivity contribution in [3.63, 3.8) is 0 Å². The van der Waals surface area contributed by atoms with Gasteiger partial charge in [0.15, 0.2) is 5.78 Å². The summed E-state index contributed by atoms with van der Waals surface area (Å²) in [5, 5.41) is 10.5. The summed E-state index contributed by atoms with van der Waals surface area (Å²) in [6, 6.07) is 6.75. The van der Waals surface area contributed by atoms with E-state index in [0.717, 1.165) is 51.1 Å². The molecule has 0 aromatic heterocycles. The van der Waals surface area contributed by atoms with Gasteiger partial charge in [-0.05, 0) is 91.9 Å². The average Bonchev–Trinajstić information content (AvgIpc) is 3.14. The van der Waals surface area contributed by atoms with Crippen LogP contribution >= 0.6 is 0 Å². The summed E-state index contributed by atoms with van der Waals surface area (Å²) in [7, 11) is 0. The van der Waals surface area contributed by atoms with Gasteiger partial charge >= 0.3 is 5.97 Å². The zero-order chi connectivity index (χ0) is 24.1. The van der Waals surface area contributed by atoms with Gasteiger partial charge in [-0.15, -0.1) is 0 Å². The Hall–Kier alpha value is -2.76. The van der Waals surface area contributed by atoms with Crippen molar-refractivity contribution < 1.29 is 19.2 Å². The Morgan fingerprint density at radius 3 is 2.56 bits per heavy atom. The molecule has 0 heterocycles. The van der Waals surface area contributed by atoms with Crippen molar-refractivity contribution >= 4 is 17.8 Å². The lowest BCUT2D eigenvalue weighted by molar-refractivity contribution is -0.400. The zero-order valence-corrected chi connectivity index (χ0v) is 20.0. The molecule has 6 nitrogen and oxygen atoms in total. The van der Waals surface area contributed by atoms with Crippen molar-refractivity contribution in [3.8, 4) is 0 Å².